The summed E-state index contributed by atoms with van der Waals surface area (Å²) >= 11 is 0. The van der Waals surface area contributed by atoms with Crippen molar-refractivity contribution in [3.05, 3.63) is 71.8 Å². The van der Waals surface area contributed by atoms with Gasteiger partial charge in [-0.2, -0.15) is 0 Å². The summed E-state index contributed by atoms with van der Waals surface area (Å²) in [5.74, 6) is -0.562. The Kier molecular flexibility index (Phi) is 6.97. The molecule has 4 rings (SSSR count). The maximum Gasteiger partial charge on any atom is 0.254 e. The SMILES string of the molecule is O=C1N[C@H](CCC(=O)N2CCN(C/C=C/c3ccccc3)CC2)C(=O)Nc2ccccc21. The topological polar surface area (TPSA) is 81.8 Å². The summed E-state index contributed by atoms with van der Waals surface area (Å²) < 4.78 is 0. The zero-order chi connectivity index (χ0) is 22.3. The number of para-hydroxylation sites is 1. The lowest BCUT2D eigenvalue weighted by molar-refractivity contribution is -0.133. The lowest BCUT2D eigenvalue weighted by Crippen LogP contribution is -2.49. The number of piperazine rings is 1. The van der Waals surface area contributed by atoms with E-state index in [2.05, 4.69) is 39.8 Å². The van der Waals surface area contributed by atoms with Gasteiger partial charge in [-0.1, -0.05) is 54.6 Å². The first-order valence-corrected chi connectivity index (χ1v) is 11.0. The predicted molar refractivity (Wildman–Crippen MR) is 124 cm³/mol. The lowest BCUT2D eigenvalue weighted by atomic mass is 10.1. The maximum absolute atomic E-state index is 12.7. The van der Waals surface area contributed by atoms with Crippen molar-refractivity contribution in [2.75, 3.05) is 38.0 Å². The van der Waals surface area contributed by atoms with E-state index in [4.69, 9.17) is 0 Å². The summed E-state index contributed by atoms with van der Waals surface area (Å²) in [7, 11) is 0. The Bertz CT molecular complexity index is 997. The van der Waals surface area contributed by atoms with Gasteiger partial charge in [-0.15, -0.1) is 0 Å². The molecule has 0 aromatic heterocycles. The Balaban J connectivity index is 1.22. The molecule has 2 N–H and O–H groups in total. The van der Waals surface area contributed by atoms with Gasteiger partial charge in [0.15, 0.2) is 0 Å². The average molecular weight is 433 g/mol. The monoisotopic (exact) mass is 432 g/mol. The minimum atomic E-state index is -0.719. The first kappa shape index (κ1) is 21.8. The Labute approximate surface area is 188 Å². The molecule has 2 aliphatic heterocycles. The molecule has 0 bridgehead atoms. The Morgan fingerprint density at radius 3 is 2.47 bits per heavy atom. The van der Waals surface area contributed by atoms with Crippen LogP contribution in [0.4, 0.5) is 5.69 Å². The summed E-state index contributed by atoms with van der Waals surface area (Å²) in [6, 6.07) is 16.4. The van der Waals surface area contributed by atoms with Crippen LogP contribution in [0.3, 0.4) is 0 Å². The predicted octanol–water partition coefficient (Wildman–Crippen LogP) is 2.37. The van der Waals surface area contributed by atoms with E-state index < -0.39 is 6.04 Å². The summed E-state index contributed by atoms with van der Waals surface area (Å²) in [6.07, 6.45) is 4.77. The van der Waals surface area contributed by atoms with Crippen LogP contribution in [0.5, 0.6) is 0 Å². The second kappa shape index (κ2) is 10.2. The third-order valence-electron chi connectivity index (χ3n) is 5.90. The van der Waals surface area contributed by atoms with E-state index in [0.29, 0.717) is 24.3 Å². The Morgan fingerprint density at radius 1 is 0.969 bits per heavy atom. The smallest absolute Gasteiger partial charge is 0.254 e. The van der Waals surface area contributed by atoms with Crippen molar-refractivity contribution >= 4 is 29.5 Å². The van der Waals surface area contributed by atoms with E-state index in [1.165, 1.54) is 5.56 Å². The number of nitrogens with zero attached hydrogens (tertiary/aromatic N) is 2. The van der Waals surface area contributed by atoms with Crippen LogP contribution in [0.15, 0.2) is 60.7 Å². The zero-order valence-corrected chi connectivity index (χ0v) is 18.0. The fraction of sp³-hybridized carbons (Fsp3) is 0.320. The molecule has 0 radical (unpaired) electrons. The largest absolute Gasteiger partial charge is 0.340 e. The molecule has 2 heterocycles. The van der Waals surface area contributed by atoms with Gasteiger partial charge in [0.25, 0.3) is 5.91 Å². The quantitative estimate of drug-likeness (QED) is 0.734. The highest BCUT2D eigenvalue weighted by atomic mass is 16.2. The van der Waals surface area contributed by atoms with Gasteiger partial charge in [-0.05, 0) is 24.1 Å². The number of carbonyl (C=O) groups is 3. The number of rotatable bonds is 6. The lowest BCUT2D eigenvalue weighted by Gasteiger charge is -2.34. The van der Waals surface area contributed by atoms with E-state index in [-0.39, 0.29) is 30.6 Å². The van der Waals surface area contributed by atoms with E-state index in [0.717, 1.165) is 19.6 Å². The van der Waals surface area contributed by atoms with Gasteiger partial charge >= 0.3 is 0 Å². The Morgan fingerprint density at radius 2 is 1.69 bits per heavy atom. The number of amides is 3. The summed E-state index contributed by atoms with van der Waals surface area (Å²) in [6.45, 7) is 3.84. The van der Waals surface area contributed by atoms with E-state index in [1.54, 1.807) is 24.3 Å². The Hall–Kier alpha value is -3.45. The fourth-order valence-corrected chi connectivity index (χ4v) is 4.02. The molecule has 0 unspecified atom stereocenters. The van der Waals surface area contributed by atoms with Crippen LogP contribution in [0.1, 0.15) is 28.8 Å². The summed E-state index contributed by atoms with van der Waals surface area (Å²) in [4.78, 5) is 41.8. The van der Waals surface area contributed by atoms with Gasteiger partial charge in [0.05, 0.1) is 11.3 Å². The third-order valence-corrected chi connectivity index (χ3v) is 5.90. The first-order valence-electron chi connectivity index (χ1n) is 11.0. The van der Waals surface area contributed by atoms with Crippen LogP contribution in [0.25, 0.3) is 6.08 Å². The molecule has 166 valence electrons. The molecule has 0 saturated carbocycles. The third kappa shape index (κ3) is 5.42. The molecular weight excluding hydrogens is 404 g/mol. The molecule has 1 fully saturated rings. The molecule has 7 heteroatoms. The van der Waals surface area contributed by atoms with Crippen LogP contribution in [-0.2, 0) is 9.59 Å². The van der Waals surface area contributed by atoms with Gasteiger partial charge in [0.2, 0.25) is 11.8 Å². The van der Waals surface area contributed by atoms with Crippen molar-refractivity contribution < 1.29 is 14.4 Å². The van der Waals surface area contributed by atoms with Crippen LogP contribution in [0.2, 0.25) is 0 Å². The molecule has 7 nitrogen and oxygen atoms in total. The van der Waals surface area contributed by atoms with E-state index in [9.17, 15) is 14.4 Å². The molecule has 2 aromatic carbocycles. The molecule has 1 atom stereocenters. The molecule has 2 aliphatic rings. The maximum atomic E-state index is 12.7. The highest BCUT2D eigenvalue weighted by molar-refractivity contribution is 6.09. The number of nitrogens with one attached hydrogen (secondary N) is 2. The number of hydrogen-bond donors (Lipinski definition) is 2. The van der Waals surface area contributed by atoms with Crippen LogP contribution in [-0.4, -0.2) is 66.3 Å². The highest BCUT2D eigenvalue weighted by Gasteiger charge is 2.29. The van der Waals surface area contributed by atoms with E-state index in [1.807, 2.05) is 23.1 Å². The van der Waals surface area contributed by atoms with Crippen LogP contribution in [0, 0.1) is 0 Å². The fourth-order valence-electron chi connectivity index (χ4n) is 4.02. The van der Waals surface area contributed by atoms with Crippen molar-refractivity contribution in [2.24, 2.45) is 0 Å². The zero-order valence-electron chi connectivity index (χ0n) is 18.0. The van der Waals surface area contributed by atoms with Crippen molar-refractivity contribution in [3.8, 4) is 0 Å². The van der Waals surface area contributed by atoms with Crippen molar-refractivity contribution in [1.29, 1.82) is 0 Å². The second-order valence-corrected chi connectivity index (χ2v) is 8.09. The van der Waals surface area contributed by atoms with Gasteiger partial charge in [-0.25, -0.2) is 0 Å². The molecule has 32 heavy (non-hydrogen) atoms. The second-order valence-electron chi connectivity index (χ2n) is 8.09. The summed E-state index contributed by atoms with van der Waals surface area (Å²) in [5, 5.41) is 5.53. The molecule has 0 spiro atoms. The number of hydrogen-bond acceptors (Lipinski definition) is 4. The molecule has 2 aromatic rings. The van der Waals surface area contributed by atoms with E-state index >= 15 is 0 Å². The number of carbonyl (C=O) groups excluding carboxylic acids is 3. The number of anilines is 1. The van der Waals surface area contributed by atoms with Gasteiger partial charge in [0.1, 0.15) is 6.04 Å². The van der Waals surface area contributed by atoms with Crippen LogP contribution < -0.4 is 10.6 Å². The van der Waals surface area contributed by atoms with Crippen molar-refractivity contribution in [2.45, 2.75) is 18.9 Å². The van der Waals surface area contributed by atoms with Crippen molar-refractivity contribution in [3.63, 3.8) is 0 Å². The average Bonchev–Trinajstić information content (AvgIpc) is 2.94. The first-order chi connectivity index (χ1) is 15.6. The van der Waals surface area contributed by atoms with Crippen molar-refractivity contribution in [1.82, 2.24) is 15.1 Å². The van der Waals surface area contributed by atoms with Gasteiger partial charge in [0, 0.05) is 39.1 Å². The molecule has 3 amide bonds. The number of fused-ring (bicyclic) bond motifs is 1. The van der Waals surface area contributed by atoms with Gasteiger partial charge in [-0.3, -0.25) is 19.3 Å². The normalized spacial score (nSPS) is 19.2. The minimum Gasteiger partial charge on any atom is -0.340 e. The van der Waals surface area contributed by atoms with Gasteiger partial charge < -0.3 is 15.5 Å². The molecular formula is C25H28N4O3. The number of benzene rings is 2. The summed E-state index contributed by atoms with van der Waals surface area (Å²) in [5.41, 5.74) is 2.12. The molecule has 0 aliphatic carbocycles. The van der Waals surface area contributed by atoms with Crippen LogP contribution >= 0.6 is 0 Å². The molecule has 1 saturated heterocycles. The highest BCUT2D eigenvalue weighted by Crippen LogP contribution is 2.19. The standard InChI is InChI=1S/C25H28N4O3/c30-23(13-12-22-25(32)26-21-11-5-4-10-20(21)24(31)27-22)29-17-15-28(16-18-29)14-6-9-19-7-2-1-3-8-19/h1-11,22H,12-18H2,(H,26,32)(H,27,31)/b9-6+/t22-/m1/s1. The minimum absolute atomic E-state index is 0.0216.